The normalized spacial score (nSPS) is 11.5. The minimum absolute atomic E-state index is 0. The van der Waals surface area contributed by atoms with Crippen LogP contribution in [0.25, 0.3) is 0 Å². The Morgan fingerprint density at radius 2 is 1.13 bits per heavy atom. The van der Waals surface area contributed by atoms with Crippen molar-refractivity contribution in [1.82, 2.24) is 0 Å². The third-order valence-electron chi connectivity index (χ3n) is 6.63. The zero-order valence-electron chi connectivity index (χ0n) is 24.1. The predicted molar refractivity (Wildman–Crippen MR) is 162 cm³/mol. The van der Waals surface area contributed by atoms with Crippen LogP contribution in [0.3, 0.4) is 0 Å². The molecule has 1 aromatic carbocycles. The number of ether oxygens (including phenoxy) is 3. The Bertz CT molecular complexity index is 790. The molecule has 0 aromatic heterocycles. The van der Waals surface area contributed by atoms with E-state index in [1.54, 1.807) is 0 Å². The molecule has 7 nitrogen and oxygen atoms in total. The summed E-state index contributed by atoms with van der Waals surface area (Å²) in [7, 11) is -4.41. The molecule has 0 radical (unpaired) electrons. The van der Waals surface area contributed by atoms with Crippen LogP contribution in [0.15, 0.2) is 18.2 Å². The second kappa shape index (κ2) is 26.7. The first-order chi connectivity index (χ1) is 18.5. The molecule has 0 atom stereocenters. The van der Waals surface area contributed by atoms with Gasteiger partial charge in [0.15, 0.2) is 0 Å². The zero-order chi connectivity index (χ0) is 27.7. The van der Waals surface area contributed by atoms with Gasteiger partial charge >= 0.3 is 40.0 Å². The summed E-state index contributed by atoms with van der Waals surface area (Å²) in [5.74, 6) is 0.985. The van der Waals surface area contributed by atoms with E-state index in [2.05, 4.69) is 36.2 Å². The third-order valence-corrected chi connectivity index (χ3v) is 7.09. The molecule has 39 heavy (non-hydrogen) atoms. The SMILES string of the molecule is CCCCCCCCCc1cccc(OCCOCCOCCOS(=O)(=O)O)c1CCCCCCCCC.[NaH]. The van der Waals surface area contributed by atoms with Crippen molar-refractivity contribution in [2.24, 2.45) is 0 Å². The van der Waals surface area contributed by atoms with Crippen molar-refractivity contribution in [3.8, 4) is 5.75 Å². The van der Waals surface area contributed by atoms with E-state index in [0.717, 1.165) is 18.6 Å². The summed E-state index contributed by atoms with van der Waals surface area (Å²) in [4.78, 5) is 0. The van der Waals surface area contributed by atoms with Gasteiger partial charge in [-0.3, -0.25) is 4.55 Å². The van der Waals surface area contributed by atoms with Crippen LogP contribution in [0.2, 0.25) is 0 Å². The van der Waals surface area contributed by atoms with Gasteiger partial charge in [0.05, 0.1) is 33.0 Å². The monoisotopic (exact) mass is 582 g/mol. The summed E-state index contributed by atoms with van der Waals surface area (Å²) in [5, 5.41) is 0. The summed E-state index contributed by atoms with van der Waals surface area (Å²) in [6.45, 7) is 5.96. The van der Waals surface area contributed by atoms with E-state index < -0.39 is 10.4 Å². The molecule has 1 N–H and O–H groups in total. The first kappa shape index (κ1) is 38.8. The standard InChI is InChI=1S/C30H54O7S.Na.H/c1-3-5-7-9-11-13-15-18-28-19-17-21-30(29(28)20-16-14-12-10-8-6-4-2)36-26-24-34-22-23-35-25-27-37-38(31,32)33;;/h17,19,21H,3-16,18,20,22-27H2,1-2H3,(H,31,32,33);;. The molecule has 0 heterocycles. The van der Waals surface area contributed by atoms with Crippen LogP contribution < -0.4 is 4.74 Å². The molecule has 0 spiro atoms. The summed E-state index contributed by atoms with van der Waals surface area (Å²) in [6.07, 6.45) is 20.5. The van der Waals surface area contributed by atoms with Crippen molar-refractivity contribution in [2.75, 3.05) is 39.6 Å². The molecule has 0 aliphatic heterocycles. The Labute approximate surface area is 261 Å². The van der Waals surface area contributed by atoms with E-state index in [0.29, 0.717) is 26.4 Å². The fraction of sp³-hybridized carbons (Fsp3) is 0.800. The molecule has 0 amide bonds. The predicted octanol–water partition coefficient (Wildman–Crippen LogP) is 6.86. The molecule has 0 bridgehead atoms. The number of aryl methyl sites for hydroxylation is 1. The summed E-state index contributed by atoms with van der Waals surface area (Å²) >= 11 is 0. The van der Waals surface area contributed by atoms with E-state index in [4.69, 9.17) is 18.8 Å². The molecule has 0 aliphatic carbocycles. The summed E-state index contributed by atoms with van der Waals surface area (Å²) in [6, 6.07) is 6.48. The van der Waals surface area contributed by atoms with Gasteiger partial charge in [0.25, 0.3) is 0 Å². The van der Waals surface area contributed by atoms with Gasteiger partial charge in [0, 0.05) is 0 Å². The van der Waals surface area contributed by atoms with Gasteiger partial charge in [-0.2, -0.15) is 8.42 Å². The Hall–Kier alpha value is -0.190. The molecule has 0 aliphatic rings. The molecule has 224 valence electrons. The van der Waals surface area contributed by atoms with Gasteiger partial charge in [0.1, 0.15) is 12.4 Å². The number of hydrogen-bond donors (Lipinski definition) is 1. The van der Waals surface area contributed by atoms with Gasteiger partial charge in [-0.25, -0.2) is 4.18 Å². The minimum atomic E-state index is -4.41. The van der Waals surface area contributed by atoms with Crippen LogP contribution in [-0.2, 0) is 36.9 Å². The van der Waals surface area contributed by atoms with E-state index in [9.17, 15) is 8.42 Å². The van der Waals surface area contributed by atoms with E-state index in [-0.39, 0.29) is 42.8 Å². The van der Waals surface area contributed by atoms with Crippen LogP contribution >= 0.6 is 0 Å². The Morgan fingerprint density at radius 3 is 1.69 bits per heavy atom. The Morgan fingerprint density at radius 1 is 0.641 bits per heavy atom. The Balaban J connectivity index is 0.0000144. The van der Waals surface area contributed by atoms with Crippen LogP contribution in [0.5, 0.6) is 5.75 Å². The van der Waals surface area contributed by atoms with Crippen molar-refractivity contribution in [3.63, 3.8) is 0 Å². The van der Waals surface area contributed by atoms with Gasteiger partial charge in [-0.15, -0.1) is 0 Å². The Kier molecular flexibility index (Phi) is 26.6. The molecule has 0 saturated heterocycles. The van der Waals surface area contributed by atoms with Crippen LogP contribution in [-0.4, -0.2) is 82.2 Å². The number of benzene rings is 1. The molecular weight excluding hydrogens is 527 g/mol. The topological polar surface area (TPSA) is 91.3 Å². The first-order valence-electron chi connectivity index (χ1n) is 15.0. The van der Waals surface area contributed by atoms with Crippen molar-refractivity contribution >= 4 is 40.0 Å². The van der Waals surface area contributed by atoms with Crippen LogP contribution in [0, 0.1) is 0 Å². The number of rotatable bonds is 27. The third kappa shape index (κ3) is 23.1. The first-order valence-corrected chi connectivity index (χ1v) is 16.3. The maximum absolute atomic E-state index is 10.5. The number of unbranched alkanes of at least 4 members (excludes halogenated alkanes) is 12. The van der Waals surface area contributed by atoms with E-state index >= 15 is 0 Å². The number of hydrogen-bond acceptors (Lipinski definition) is 6. The van der Waals surface area contributed by atoms with Crippen molar-refractivity contribution in [3.05, 3.63) is 29.3 Å². The van der Waals surface area contributed by atoms with Crippen molar-refractivity contribution in [1.29, 1.82) is 0 Å². The zero-order valence-corrected chi connectivity index (χ0v) is 24.9. The average molecular weight is 583 g/mol. The molecular formula is C30H55NaO7S. The molecule has 1 aromatic rings. The van der Waals surface area contributed by atoms with Gasteiger partial charge in [-0.1, -0.05) is 103 Å². The van der Waals surface area contributed by atoms with Crippen molar-refractivity contribution < 1.29 is 31.4 Å². The molecule has 0 unspecified atom stereocenters. The fourth-order valence-corrected chi connectivity index (χ4v) is 4.81. The molecule has 9 heteroatoms. The second-order valence-electron chi connectivity index (χ2n) is 9.96. The van der Waals surface area contributed by atoms with Gasteiger partial charge < -0.3 is 14.2 Å². The molecule has 0 fully saturated rings. The van der Waals surface area contributed by atoms with E-state index in [1.165, 1.54) is 101 Å². The van der Waals surface area contributed by atoms with Gasteiger partial charge in [0.2, 0.25) is 0 Å². The quantitative estimate of drug-likeness (QED) is 0.0689. The summed E-state index contributed by atoms with van der Waals surface area (Å²) < 4.78 is 50.6. The average Bonchev–Trinajstić information content (AvgIpc) is 2.89. The molecule has 1 rings (SSSR count). The second-order valence-corrected chi connectivity index (χ2v) is 11.1. The van der Waals surface area contributed by atoms with E-state index in [1.807, 2.05) is 0 Å². The summed E-state index contributed by atoms with van der Waals surface area (Å²) in [5.41, 5.74) is 2.80. The van der Waals surface area contributed by atoms with Crippen LogP contribution in [0.4, 0.5) is 0 Å². The maximum atomic E-state index is 10.5. The van der Waals surface area contributed by atoms with Crippen LogP contribution in [0.1, 0.15) is 115 Å². The fourth-order valence-electron chi connectivity index (χ4n) is 4.53. The van der Waals surface area contributed by atoms with Gasteiger partial charge in [-0.05, 0) is 42.9 Å². The van der Waals surface area contributed by atoms with Crippen molar-refractivity contribution in [2.45, 2.75) is 117 Å². The molecule has 0 saturated carbocycles.